The van der Waals surface area contributed by atoms with Crippen molar-refractivity contribution in [2.75, 3.05) is 29.9 Å². The molecule has 5 heteroatoms. The topological polar surface area (TPSA) is 41.6 Å². The molecule has 1 amide bonds. The van der Waals surface area contributed by atoms with E-state index >= 15 is 0 Å². The Hall–Kier alpha value is -2.76. The molecule has 0 aliphatic carbocycles. The monoisotopic (exact) mass is 432 g/mol. The van der Waals surface area contributed by atoms with Crippen LogP contribution in [0.1, 0.15) is 27.0 Å². The number of rotatable bonds is 7. The van der Waals surface area contributed by atoms with Gasteiger partial charge < -0.3 is 10.1 Å². The van der Waals surface area contributed by atoms with Gasteiger partial charge in [0.05, 0.1) is 0 Å². The number of thioether (sulfide) groups is 1. The summed E-state index contributed by atoms with van der Waals surface area (Å²) >= 11 is 2.02. The molecule has 0 atom stereocenters. The number of ether oxygens (including phenoxy) is 1. The maximum Gasteiger partial charge on any atom is 0.256 e. The van der Waals surface area contributed by atoms with E-state index in [4.69, 9.17) is 4.74 Å². The maximum atomic E-state index is 13.0. The van der Waals surface area contributed by atoms with Crippen molar-refractivity contribution in [1.29, 1.82) is 0 Å². The first kappa shape index (κ1) is 21.5. The molecular formula is C26H28N2O2S. The van der Waals surface area contributed by atoms with Gasteiger partial charge in [-0.25, -0.2) is 0 Å². The molecule has 31 heavy (non-hydrogen) atoms. The van der Waals surface area contributed by atoms with Crippen LogP contribution in [-0.2, 0) is 13.2 Å². The summed E-state index contributed by atoms with van der Waals surface area (Å²) in [6.45, 7) is 5.65. The summed E-state index contributed by atoms with van der Waals surface area (Å²) in [5.74, 6) is 3.09. The number of carbonyl (C=O) groups excluding carboxylic acids is 1. The van der Waals surface area contributed by atoms with Gasteiger partial charge in [0.15, 0.2) is 0 Å². The zero-order valence-electron chi connectivity index (χ0n) is 17.8. The van der Waals surface area contributed by atoms with Gasteiger partial charge in [-0.15, -0.1) is 0 Å². The molecule has 0 bridgehead atoms. The van der Waals surface area contributed by atoms with Gasteiger partial charge in [0.1, 0.15) is 12.4 Å². The molecule has 3 aromatic carbocycles. The molecule has 0 unspecified atom stereocenters. The summed E-state index contributed by atoms with van der Waals surface area (Å²) in [6, 6.07) is 23.6. The molecule has 1 aliphatic heterocycles. The third kappa shape index (κ3) is 5.90. The maximum absolute atomic E-state index is 13.0. The SMILES string of the molecule is Cc1cc(CN2CCSCC2)ccc1NC(=O)c1ccccc1COc1ccccc1. The Morgan fingerprint density at radius 1 is 1.00 bits per heavy atom. The Kier molecular flexibility index (Phi) is 7.28. The molecule has 0 spiro atoms. The fourth-order valence-electron chi connectivity index (χ4n) is 3.72. The number of para-hydroxylation sites is 1. The second-order valence-electron chi connectivity index (χ2n) is 7.75. The second-order valence-corrected chi connectivity index (χ2v) is 8.98. The molecule has 0 radical (unpaired) electrons. The Bertz CT molecular complexity index is 1020. The molecule has 1 N–H and O–H groups in total. The van der Waals surface area contributed by atoms with Gasteiger partial charge >= 0.3 is 0 Å². The lowest BCUT2D eigenvalue weighted by atomic mass is 10.1. The normalized spacial score (nSPS) is 14.2. The largest absolute Gasteiger partial charge is 0.489 e. The Balaban J connectivity index is 1.42. The molecule has 160 valence electrons. The fourth-order valence-corrected chi connectivity index (χ4v) is 4.70. The molecule has 1 heterocycles. The van der Waals surface area contributed by atoms with E-state index in [1.165, 1.54) is 17.1 Å². The van der Waals surface area contributed by atoms with Crippen molar-refractivity contribution in [2.45, 2.75) is 20.1 Å². The van der Waals surface area contributed by atoms with Crippen LogP contribution in [0.2, 0.25) is 0 Å². The molecule has 0 saturated carbocycles. The summed E-state index contributed by atoms with van der Waals surface area (Å²) in [5.41, 5.74) is 4.71. The zero-order chi connectivity index (χ0) is 21.5. The summed E-state index contributed by atoms with van der Waals surface area (Å²) in [6.07, 6.45) is 0. The summed E-state index contributed by atoms with van der Waals surface area (Å²) in [5, 5.41) is 3.08. The third-order valence-corrected chi connectivity index (χ3v) is 6.39. The van der Waals surface area contributed by atoms with E-state index in [0.717, 1.165) is 42.2 Å². The van der Waals surface area contributed by atoms with Crippen LogP contribution in [0.4, 0.5) is 5.69 Å². The Morgan fingerprint density at radius 3 is 2.52 bits per heavy atom. The minimum absolute atomic E-state index is 0.115. The first-order valence-electron chi connectivity index (χ1n) is 10.7. The average Bonchev–Trinajstić information content (AvgIpc) is 2.81. The van der Waals surface area contributed by atoms with Crippen LogP contribution < -0.4 is 10.1 Å². The van der Waals surface area contributed by atoms with Crippen LogP contribution in [0.3, 0.4) is 0 Å². The molecule has 1 aliphatic rings. The highest BCUT2D eigenvalue weighted by atomic mass is 32.2. The van der Waals surface area contributed by atoms with Gasteiger partial charge in [-0.05, 0) is 42.3 Å². The molecule has 3 aromatic rings. The van der Waals surface area contributed by atoms with Crippen LogP contribution in [0.25, 0.3) is 0 Å². The number of aryl methyl sites for hydroxylation is 1. The first-order valence-corrected chi connectivity index (χ1v) is 11.8. The van der Waals surface area contributed by atoms with Crippen molar-refractivity contribution in [3.8, 4) is 5.75 Å². The highest BCUT2D eigenvalue weighted by Crippen LogP contribution is 2.21. The van der Waals surface area contributed by atoms with Crippen molar-refractivity contribution in [3.05, 3.63) is 95.1 Å². The van der Waals surface area contributed by atoms with E-state index in [9.17, 15) is 4.79 Å². The highest BCUT2D eigenvalue weighted by molar-refractivity contribution is 7.99. The van der Waals surface area contributed by atoms with E-state index < -0.39 is 0 Å². The predicted octanol–water partition coefficient (Wildman–Crippen LogP) is 5.38. The summed E-state index contributed by atoms with van der Waals surface area (Å²) in [7, 11) is 0. The number of amides is 1. The van der Waals surface area contributed by atoms with Crippen molar-refractivity contribution in [2.24, 2.45) is 0 Å². The molecule has 1 fully saturated rings. The zero-order valence-corrected chi connectivity index (χ0v) is 18.7. The Morgan fingerprint density at radius 2 is 1.74 bits per heavy atom. The minimum Gasteiger partial charge on any atom is -0.489 e. The van der Waals surface area contributed by atoms with Crippen LogP contribution >= 0.6 is 11.8 Å². The van der Waals surface area contributed by atoms with E-state index in [1.807, 2.05) is 72.4 Å². The number of hydrogen-bond donors (Lipinski definition) is 1. The van der Waals surface area contributed by atoms with Crippen LogP contribution in [0, 0.1) is 6.92 Å². The number of hydrogen-bond acceptors (Lipinski definition) is 4. The van der Waals surface area contributed by atoms with Crippen molar-refractivity contribution in [1.82, 2.24) is 4.90 Å². The van der Waals surface area contributed by atoms with Gasteiger partial charge in [0.25, 0.3) is 5.91 Å². The lowest BCUT2D eigenvalue weighted by molar-refractivity contribution is 0.102. The molecule has 1 saturated heterocycles. The number of nitrogens with one attached hydrogen (secondary N) is 1. The number of nitrogens with zero attached hydrogens (tertiary/aromatic N) is 1. The second kappa shape index (κ2) is 10.5. The number of anilines is 1. The van der Waals surface area contributed by atoms with Crippen molar-refractivity contribution in [3.63, 3.8) is 0 Å². The lowest BCUT2D eigenvalue weighted by Gasteiger charge is -2.26. The molecule has 4 nitrogen and oxygen atoms in total. The third-order valence-electron chi connectivity index (χ3n) is 5.45. The van der Waals surface area contributed by atoms with E-state index in [1.54, 1.807) is 0 Å². The number of carbonyl (C=O) groups is 1. The van der Waals surface area contributed by atoms with Gasteiger partial charge in [-0.1, -0.05) is 48.5 Å². The van der Waals surface area contributed by atoms with Crippen molar-refractivity contribution < 1.29 is 9.53 Å². The average molecular weight is 433 g/mol. The van der Waals surface area contributed by atoms with Crippen LogP contribution in [0.5, 0.6) is 5.75 Å². The highest BCUT2D eigenvalue weighted by Gasteiger charge is 2.14. The van der Waals surface area contributed by atoms with E-state index in [0.29, 0.717) is 12.2 Å². The standard InChI is InChI=1S/C26H28N2O2S/c1-20-17-21(18-28-13-15-31-16-14-28)11-12-25(20)27-26(29)24-10-6-5-7-22(24)19-30-23-8-3-2-4-9-23/h2-12,17H,13-16,18-19H2,1H3,(H,27,29). The predicted molar refractivity (Wildman–Crippen MR) is 129 cm³/mol. The van der Waals surface area contributed by atoms with Crippen molar-refractivity contribution >= 4 is 23.4 Å². The van der Waals surface area contributed by atoms with Gasteiger partial charge in [-0.2, -0.15) is 11.8 Å². The van der Waals surface area contributed by atoms with Gasteiger partial charge in [0.2, 0.25) is 0 Å². The summed E-state index contributed by atoms with van der Waals surface area (Å²) in [4.78, 5) is 15.5. The quantitative estimate of drug-likeness (QED) is 0.545. The van der Waals surface area contributed by atoms with Crippen LogP contribution in [-0.4, -0.2) is 35.4 Å². The van der Waals surface area contributed by atoms with Crippen LogP contribution in [0.15, 0.2) is 72.8 Å². The molecule has 0 aromatic heterocycles. The van der Waals surface area contributed by atoms with E-state index in [-0.39, 0.29) is 5.91 Å². The summed E-state index contributed by atoms with van der Waals surface area (Å²) < 4.78 is 5.86. The van der Waals surface area contributed by atoms with Gasteiger partial charge in [0, 0.05) is 48.0 Å². The molecular weight excluding hydrogens is 404 g/mol. The first-order chi connectivity index (χ1) is 15.2. The minimum atomic E-state index is -0.115. The van der Waals surface area contributed by atoms with E-state index in [2.05, 4.69) is 29.3 Å². The number of benzene rings is 3. The lowest BCUT2D eigenvalue weighted by Crippen LogP contribution is -2.31. The smallest absolute Gasteiger partial charge is 0.256 e. The molecule has 4 rings (SSSR count). The fraction of sp³-hybridized carbons (Fsp3) is 0.269. The Labute approximate surface area is 188 Å². The van der Waals surface area contributed by atoms with Gasteiger partial charge in [-0.3, -0.25) is 9.69 Å².